The lowest BCUT2D eigenvalue weighted by atomic mass is 10.1. The van der Waals surface area contributed by atoms with Crippen molar-refractivity contribution in [2.75, 3.05) is 24.5 Å². The van der Waals surface area contributed by atoms with Crippen molar-refractivity contribution in [3.05, 3.63) is 29.8 Å². The van der Waals surface area contributed by atoms with Crippen LogP contribution < -0.4 is 10.2 Å². The largest absolute Gasteiger partial charge is 0.372 e. The second kappa shape index (κ2) is 7.82. The van der Waals surface area contributed by atoms with Gasteiger partial charge in [0, 0.05) is 30.9 Å². The Bertz CT molecular complexity index is 380. The van der Waals surface area contributed by atoms with Gasteiger partial charge >= 0.3 is 0 Å². The third-order valence-electron chi connectivity index (χ3n) is 3.27. The van der Waals surface area contributed by atoms with Gasteiger partial charge in [-0.3, -0.25) is 4.79 Å². The van der Waals surface area contributed by atoms with Crippen LogP contribution in [0.4, 0.5) is 5.69 Å². The number of hydrogen-bond donors (Lipinski definition) is 1. The van der Waals surface area contributed by atoms with Crippen molar-refractivity contribution in [1.82, 2.24) is 5.32 Å². The lowest BCUT2D eigenvalue weighted by molar-refractivity contribution is 0.0952. The predicted octanol–water partition coefficient (Wildman–Crippen LogP) is 3.31. The molecule has 0 atom stereocenters. The highest BCUT2D eigenvalue weighted by molar-refractivity contribution is 5.94. The predicted molar refractivity (Wildman–Crippen MR) is 81.8 cm³/mol. The smallest absolute Gasteiger partial charge is 0.251 e. The van der Waals surface area contributed by atoms with Gasteiger partial charge < -0.3 is 10.2 Å². The summed E-state index contributed by atoms with van der Waals surface area (Å²) in [6.45, 7) is 11.3. The molecule has 0 radical (unpaired) electrons. The van der Waals surface area contributed by atoms with Crippen molar-refractivity contribution >= 4 is 11.6 Å². The first kappa shape index (κ1) is 15.5. The molecule has 0 heterocycles. The normalized spacial score (nSPS) is 10.6. The molecule has 1 aromatic carbocycles. The summed E-state index contributed by atoms with van der Waals surface area (Å²) < 4.78 is 0. The summed E-state index contributed by atoms with van der Waals surface area (Å²) in [6, 6.07) is 7.84. The first-order valence-electron chi connectivity index (χ1n) is 7.21. The van der Waals surface area contributed by atoms with Crippen molar-refractivity contribution < 1.29 is 4.79 Å². The van der Waals surface area contributed by atoms with E-state index in [-0.39, 0.29) is 5.91 Å². The van der Waals surface area contributed by atoms with Gasteiger partial charge in [0.25, 0.3) is 5.91 Å². The molecule has 1 N–H and O–H groups in total. The van der Waals surface area contributed by atoms with Crippen LogP contribution in [0.5, 0.6) is 0 Å². The van der Waals surface area contributed by atoms with Gasteiger partial charge in [0.15, 0.2) is 0 Å². The molecule has 0 bridgehead atoms. The first-order chi connectivity index (χ1) is 9.08. The Kier molecular flexibility index (Phi) is 6.40. The summed E-state index contributed by atoms with van der Waals surface area (Å²) in [5.74, 6) is 0.636. The summed E-state index contributed by atoms with van der Waals surface area (Å²) in [7, 11) is 0. The van der Waals surface area contributed by atoms with E-state index in [1.54, 1.807) is 0 Å². The van der Waals surface area contributed by atoms with Crippen molar-refractivity contribution in [1.29, 1.82) is 0 Å². The molecule has 106 valence electrons. The van der Waals surface area contributed by atoms with Gasteiger partial charge in [0.05, 0.1) is 0 Å². The highest BCUT2D eigenvalue weighted by atomic mass is 16.1. The molecule has 0 unspecified atom stereocenters. The fraction of sp³-hybridized carbons (Fsp3) is 0.562. The Morgan fingerprint density at radius 1 is 1.16 bits per heavy atom. The Hall–Kier alpha value is -1.51. The Labute approximate surface area is 117 Å². The molecule has 1 rings (SSSR count). The van der Waals surface area contributed by atoms with Gasteiger partial charge in [-0.15, -0.1) is 0 Å². The Balaban J connectivity index is 2.58. The molecule has 0 aliphatic heterocycles. The molecular weight excluding hydrogens is 236 g/mol. The maximum absolute atomic E-state index is 11.9. The lowest BCUT2D eigenvalue weighted by Crippen LogP contribution is -2.25. The van der Waals surface area contributed by atoms with E-state index in [0.717, 1.165) is 31.6 Å². The van der Waals surface area contributed by atoms with Crippen molar-refractivity contribution in [3.63, 3.8) is 0 Å². The minimum atomic E-state index is 0.0201. The molecule has 0 aliphatic rings. The van der Waals surface area contributed by atoms with Crippen LogP contribution in [0.2, 0.25) is 0 Å². The van der Waals surface area contributed by atoms with E-state index in [2.05, 4.69) is 37.9 Å². The van der Waals surface area contributed by atoms with E-state index < -0.39 is 0 Å². The number of benzene rings is 1. The second-order valence-electron chi connectivity index (χ2n) is 5.16. The number of carbonyl (C=O) groups is 1. The standard InChI is InChI=1S/C16H26N2O/c1-5-18(6-2)15-9-7-14(8-10-15)16(19)17-12-11-13(3)4/h7-10,13H,5-6,11-12H2,1-4H3,(H,17,19). The fourth-order valence-electron chi connectivity index (χ4n) is 1.99. The van der Waals surface area contributed by atoms with Gasteiger partial charge in [-0.25, -0.2) is 0 Å². The zero-order chi connectivity index (χ0) is 14.3. The van der Waals surface area contributed by atoms with Crippen LogP contribution in [0.1, 0.15) is 44.5 Å². The number of amides is 1. The molecule has 3 heteroatoms. The van der Waals surface area contributed by atoms with Crippen LogP contribution in [0.3, 0.4) is 0 Å². The molecule has 0 saturated heterocycles. The van der Waals surface area contributed by atoms with Crippen LogP contribution in [0.25, 0.3) is 0 Å². The average Bonchev–Trinajstić information content (AvgIpc) is 2.40. The summed E-state index contributed by atoms with van der Waals surface area (Å²) in [5.41, 5.74) is 1.91. The van der Waals surface area contributed by atoms with E-state index in [1.807, 2.05) is 24.3 Å². The minimum Gasteiger partial charge on any atom is -0.372 e. The first-order valence-corrected chi connectivity index (χ1v) is 7.21. The maximum atomic E-state index is 11.9. The highest BCUT2D eigenvalue weighted by Crippen LogP contribution is 2.14. The molecule has 0 spiro atoms. The van der Waals surface area contributed by atoms with Crippen LogP contribution in [-0.2, 0) is 0 Å². The molecule has 1 aromatic rings. The van der Waals surface area contributed by atoms with Crippen molar-refractivity contribution in [2.45, 2.75) is 34.1 Å². The number of nitrogens with one attached hydrogen (secondary N) is 1. The van der Waals surface area contributed by atoms with Crippen LogP contribution in [0, 0.1) is 5.92 Å². The van der Waals surface area contributed by atoms with Gasteiger partial charge in [-0.2, -0.15) is 0 Å². The Morgan fingerprint density at radius 2 is 1.74 bits per heavy atom. The number of anilines is 1. The number of hydrogen-bond acceptors (Lipinski definition) is 2. The molecule has 0 saturated carbocycles. The monoisotopic (exact) mass is 262 g/mol. The van der Waals surface area contributed by atoms with Gasteiger partial charge in [0.1, 0.15) is 0 Å². The molecule has 0 fully saturated rings. The summed E-state index contributed by atoms with van der Waals surface area (Å²) in [4.78, 5) is 14.2. The zero-order valence-electron chi connectivity index (χ0n) is 12.6. The van der Waals surface area contributed by atoms with Crippen LogP contribution in [0.15, 0.2) is 24.3 Å². The van der Waals surface area contributed by atoms with E-state index in [9.17, 15) is 4.79 Å². The minimum absolute atomic E-state index is 0.0201. The third-order valence-corrected chi connectivity index (χ3v) is 3.27. The Morgan fingerprint density at radius 3 is 2.21 bits per heavy atom. The molecule has 3 nitrogen and oxygen atoms in total. The summed E-state index contributed by atoms with van der Waals surface area (Å²) >= 11 is 0. The topological polar surface area (TPSA) is 32.3 Å². The van der Waals surface area contributed by atoms with Crippen molar-refractivity contribution in [2.24, 2.45) is 5.92 Å². The molecule has 0 aliphatic carbocycles. The van der Waals surface area contributed by atoms with E-state index in [0.29, 0.717) is 5.92 Å². The fourth-order valence-corrected chi connectivity index (χ4v) is 1.99. The summed E-state index contributed by atoms with van der Waals surface area (Å²) in [5, 5.41) is 2.95. The molecule has 0 aromatic heterocycles. The second-order valence-corrected chi connectivity index (χ2v) is 5.16. The molecule has 1 amide bonds. The molecule has 19 heavy (non-hydrogen) atoms. The summed E-state index contributed by atoms with van der Waals surface area (Å²) in [6.07, 6.45) is 1.02. The van der Waals surface area contributed by atoms with Crippen LogP contribution in [-0.4, -0.2) is 25.5 Å². The number of nitrogens with zero attached hydrogens (tertiary/aromatic N) is 1. The average molecular weight is 262 g/mol. The van der Waals surface area contributed by atoms with E-state index in [4.69, 9.17) is 0 Å². The third kappa shape index (κ3) is 4.93. The highest BCUT2D eigenvalue weighted by Gasteiger charge is 2.07. The van der Waals surface area contributed by atoms with E-state index in [1.165, 1.54) is 5.69 Å². The number of carbonyl (C=O) groups excluding carboxylic acids is 1. The lowest BCUT2D eigenvalue weighted by Gasteiger charge is -2.21. The van der Waals surface area contributed by atoms with Crippen LogP contribution >= 0.6 is 0 Å². The van der Waals surface area contributed by atoms with Gasteiger partial charge in [-0.1, -0.05) is 13.8 Å². The molecular formula is C16H26N2O. The van der Waals surface area contributed by atoms with Gasteiger partial charge in [-0.05, 0) is 50.5 Å². The van der Waals surface area contributed by atoms with E-state index >= 15 is 0 Å². The van der Waals surface area contributed by atoms with Crippen molar-refractivity contribution in [3.8, 4) is 0 Å². The maximum Gasteiger partial charge on any atom is 0.251 e. The SMILES string of the molecule is CCN(CC)c1ccc(C(=O)NCCC(C)C)cc1. The van der Waals surface area contributed by atoms with Gasteiger partial charge in [0.2, 0.25) is 0 Å². The number of rotatable bonds is 7. The quantitative estimate of drug-likeness (QED) is 0.817. The zero-order valence-corrected chi connectivity index (χ0v) is 12.6.